The van der Waals surface area contributed by atoms with Crippen molar-refractivity contribution in [3.8, 4) is 0 Å². The van der Waals surface area contributed by atoms with E-state index in [9.17, 15) is 19.5 Å². The van der Waals surface area contributed by atoms with Crippen molar-refractivity contribution < 1.29 is 42.9 Å². The number of allylic oxidation sites excluding steroid dienone is 6. The van der Waals surface area contributed by atoms with Crippen LogP contribution in [0, 0.1) is 0 Å². The summed E-state index contributed by atoms with van der Waals surface area (Å²) >= 11 is 0. The van der Waals surface area contributed by atoms with Gasteiger partial charge in [0.1, 0.15) is 13.2 Å². The van der Waals surface area contributed by atoms with Crippen molar-refractivity contribution in [2.45, 2.75) is 315 Å². The van der Waals surface area contributed by atoms with Crippen LogP contribution in [0.4, 0.5) is 0 Å². The van der Waals surface area contributed by atoms with Gasteiger partial charge in [-0.15, -0.1) is 0 Å². The highest BCUT2D eigenvalue weighted by Gasteiger charge is 2.25. The van der Waals surface area contributed by atoms with Crippen molar-refractivity contribution in [2.24, 2.45) is 0 Å². The second-order valence-electron chi connectivity index (χ2n) is 22.7. The van der Waals surface area contributed by atoms with E-state index in [4.69, 9.17) is 18.9 Å². The number of hydrogen-bond donors (Lipinski definition) is 1. The zero-order valence-corrected chi connectivity index (χ0v) is 49.5. The Hall–Kier alpha value is -2.49. The molecule has 0 aliphatic rings. The number of likely N-dealkylation sites (N-methyl/N-ethyl adjacent to an activating group) is 1. The van der Waals surface area contributed by atoms with Crippen molar-refractivity contribution in [1.29, 1.82) is 0 Å². The summed E-state index contributed by atoms with van der Waals surface area (Å²) in [6.07, 6.45) is 67.2. The monoisotopic (exact) mass is 1040 g/mol. The van der Waals surface area contributed by atoms with Crippen LogP contribution in [0.25, 0.3) is 0 Å². The summed E-state index contributed by atoms with van der Waals surface area (Å²) in [6, 6.07) is 0. The fourth-order valence-corrected chi connectivity index (χ4v) is 9.26. The van der Waals surface area contributed by atoms with Crippen LogP contribution in [0.1, 0.15) is 303 Å². The van der Waals surface area contributed by atoms with Gasteiger partial charge in [0.2, 0.25) is 0 Å². The molecule has 0 spiro atoms. The number of hydrogen-bond acceptors (Lipinski definition) is 7. The molecular formula is C65H122NO8+. The summed E-state index contributed by atoms with van der Waals surface area (Å²) in [6.45, 7) is 4.86. The smallest absolute Gasteiger partial charge is 0.361 e. The molecule has 0 rings (SSSR count). The van der Waals surface area contributed by atoms with Gasteiger partial charge in [-0.05, 0) is 51.4 Å². The summed E-state index contributed by atoms with van der Waals surface area (Å²) < 4.78 is 22.8. The maximum absolute atomic E-state index is 12.8. The first kappa shape index (κ1) is 71.5. The number of unbranched alkanes of at least 4 members (excludes halogenated alkanes) is 38. The number of aliphatic carboxylic acids is 1. The van der Waals surface area contributed by atoms with Crippen molar-refractivity contribution in [3.05, 3.63) is 36.5 Å². The Labute approximate surface area is 458 Å². The van der Waals surface area contributed by atoms with Crippen LogP contribution < -0.4 is 0 Å². The molecule has 0 aliphatic heterocycles. The van der Waals surface area contributed by atoms with Crippen molar-refractivity contribution in [3.63, 3.8) is 0 Å². The first-order valence-corrected chi connectivity index (χ1v) is 31.7. The van der Waals surface area contributed by atoms with Crippen LogP contribution in [-0.4, -0.2) is 87.4 Å². The van der Waals surface area contributed by atoms with Crippen LogP contribution >= 0.6 is 0 Å². The SMILES string of the molecule is CCCCCCC/C=C\C/C=C\C/C=C\CCCCCCCCCCCCCCCCCCCCCCCCCCCCC(=O)OC(COC(=O)CCCCCCCCCC)COC(OCC[N+](C)(C)C)C(=O)O. The summed E-state index contributed by atoms with van der Waals surface area (Å²) in [5, 5.41) is 9.66. The van der Waals surface area contributed by atoms with Crippen LogP contribution in [0.3, 0.4) is 0 Å². The third-order valence-electron chi connectivity index (χ3n) is 14.1. The number of rotatable bonds is 59. The van der Waals surface area contributed by atoms with Gasteiger partial charge in [0.15, 0.2) is 6.10 Å². The van der Waals surface area contributed by atoms with E-state index in [0.29, 0.717) is 17.4 Å². The average Bonchev–Trinajstić information content (AvgIpc) is 3.37. The highest BCUT2D eigenvalue weighted by Crippen LogP contribution is 2.18. The van der Waals surface area contributed by atoms with Gasteiger partial charge < -0.3 is 28.5 Å². The Morgan fingerprint density at radius 1 is 0.405 bits per heavy atom. The molecule has 0 aromatic carbocycles. The number of ether oxygens (including phenoxy) is 4. The summed E-state index contributed by atoms with van der Waals surface area (Å²) in [4.78, 5) is 37.2. The molecular weight excluding hydrogens is 923 g/mol. The largest absolute Gasteiger partial charge is 0.477 e. The maximum Gasteiger partial charge on any atom is 0.361 e. The van der Waals surface area contributed by atoms with Crippen LogP contribution in [0.15, 0.2) is 36.5 Å². The number of carbonyl (C=O) groups excluding carboxylic acids is 2. The predicted octanol–water partition coefficient (Wildman–Crippen LogP) is 18.9. The number of nitrogens with zero attached hydrogens (tertiary/aromatic N) is 1. The molecule has 2 atom stereocenters. The van der Waals surface area contributed by atoms with Crippen molar-refractivity contribution in [1.82, 2.24) is 0 Å². The van der Waals surface area contributed by atoms with E-state index in [1.54, 1.807) is 0 Å². The predicted molar refractivity (Wildman–Crippen MR) is 314 cm³/mol. The minimum Gasteiger partial charge on any atom is -0.477 e. The Bertz CT molecular complexity index is 1310. The van der Waals surface area contributed by atoms with Gasteiger partial charge in [-0.25, -0.2) is 4.79 Å². The normalized spacial score (nSPS) is 12.9. The van der Waals surface area contributed by atoms with Crippen LogP contribution in [-0.2, 0) is 33.3 Å². The molecule has 0 amide bonds. The maximum atomic E-state index is 12.8. The Morgan fingerprint density at radius 3 is 1.08 bits per heavy atom. The second kappa shape index (κ2) is 56.7. The molecule has 0 saturated carbocycles. The topological polar surface area (TPSA) is 108 Å². The first-order chi connectivity index (χ1) is 36.1. The highest BCUT2D eigenvalue weighted by atomic mass is 16.7. The van der Waals surface area contributed by atoms with Crippen LogP contribution in [0.5, 0.6) is 0 Å². The van der Waals surface area contributed by atoms with E-state index >= 15 is 0 Å². The Morgan fingerprint density at radius 2 is 0.730 bits per heavy atom. The zero-order valence-electron chi connectivity index (χ0n) is 49.5. The Kier molecular flexibility index (Phi) is 54.8. The molecule has 74 heavy (non-hydrogen) atoms. The van der Waals surface area contributed by atoms with Gasteiger partial charge in [-0.2, -0.15) is 0 Å². The highest BCUT2D eigenvalue weighted by molar-refractivity contribution is 5.71. The van der Waals surface area contributed by atoms with E-state index < -0.39 is 18.4 Å². The van der Waals surface area contributed by atoms with E-state index in [-0.39, 0.29) is 38.2 Å². The van der Waals surface area contributed by atoms with E-state index in [1.807, 2.05) is 21.1 Å². The molecule has 0 fully saturated rings. The molecule has 434 valence electrons. The number of carbonyl (C=O) groups is 3. The van der Waals surface area contributed by atoms with Gasteiger partial charge in [-0.1, -0.05) is 275 Å². The van der Waals surface area contributed by atoms with Gasteiger partial charge in [0.05, 0.1) is 34.4 Å². The van der Waals surface area contributed by atoms with E-state index in [1.165, 1.54) is 225 Å². The Balaban J connectivity index is 3.81. The van der Waals surface area contributed by atoms with Crippen molar-refractivity contribution >= 4 is 17.9 Å². The number of carboxylic acid groups (broad SMARTS) is 1. The number of quaternary nitrogens is 1. The fraction of sp³-hybridized carbons (Fsp3) is 0.862. The second-order valence-corrected chi connectivity index (χ2v) is 22.7. The lowest BCUT2D eigenvalue weighted by Gasteiger charge is -2.25. The lowest BCUT2D eigenvalue weighted by molar-refractivity contribution is -0.870. The lowest BCUT2D eigenvalue weighted by Crippen LogP contribution is -2.40. The molecule has 1 N–H and O–H groups in total. The standard InChI is InChI=1S/C65H121NO8/c1-6-8-10-12-14-16-17-18-19-20-21-22-23-24-25-26-27-28-29-30-31-32-33-34-35-36-37-38-39-40-41-42-43-44-45-46-47-48-50-52-54-56-63(68)74-61(60-73-65(64(69)70)71-58-57-66(3,4)5)59-72-62(67)55-53-51-49-15-13-11-9-7-2/h17-18,20-21,23-24,61,65H,6-16,19,22,25-60H2,1-5H3/p+1/b18-17-,21-20-,24-23-. The summed E-state index contributed by atoms with van der Waals surface area (Å²) in [5.74, 6) is -1.99. The molecule has 0 aromatic rings. The minimum absolute atomic E-state index is 0.176. The molecule has 0 bridgehead atoms. The first-order valence-electron chi connectivity index (χ1n) is 31.7. The third-order valence-corrected chi connectivity index (χ3v) is 14.1. The number of esters is 2. The molecule has 0 radical (unpaired) electrons. The quantitative estimate of drug-likeness (QED) is 0.0211. The molecule has 9 nitrogen and oxygen atoms in total. The van der Waals surface area contributed by atoms with Crippen LogP contribution in [0.2, 0.25) is 0 Å². The molecule has 0 heterocycles. The van der Waals surface area contributed by atoms with E-state index in [0.717, 1.165) is 51.4 Å². The molecule has 0 saturated heterocycles. The minimum atomic E-state index is -1.50. The molecule has 0 aliphatic carbocycles. The number of carboxylic acids is 1. The lowest BCUT2D eigenvalue weighted by atomic mass is 10.0. The molecule has 2 unspecified atom stereocenters. The van der Waals surface area contributed by atoms with Gasteiger partial charge in [0, 0.05) is 12.8 Å². The fourth-order valence-electron chi connectivity index (χ4n) is 9.26. The molecule has 0 aromatic heterocycles. The zero-order chi connectivity index (χ0) is 54.1. The molecule has 9 heteroatoms. The average molecular weight is 1050 g/mol. The van der Waals surface area contributed by atoms with Gasteiger partial charge >= 0.3 is 17.9 Å². The van der Waals surface area contributed by atoms with Gasteiger partial charge in [-0.3, -0.25) is 9.59 Å². The van der Waals surface area contributed by atoms with E-state index in [2.05, 4.69) is 50.3 Å². The van der Waals surface area contributed by atoms with Crippen molar-refractivity contribution in [2.75, 3.05) is 47.5 Å². The summed E-state index contributed by atoms with van der Waals surface area (Å²) in [7, 11) is 5.97. The third kappa shape index (κ3) is 57.2. The van der Waals surface area contributed by atoms with Gasteiger partial charge in [0.25, 0.3) is 6.29 Å². The summed E-state index contributed by atoms with van der Waals surface area (Å²) in [5.41, 5.74) is 0.